The van der Waals surface area contributed by atoms with Crippen LogP contribution in [0.1, 0.15) is 34.1 Å². The highest BCUT2D eigenvalue weighted by molar-refractivity contribution is 5.34. The summed E-state index contributed by atoms with van der Waals surface area (Å²) in [6.45, 7) is 0.355. The molecule has 1 heterocycles. The molecule has 1 N–H and O–H groups in total. The molecule has 0 unspecified atom stereocenters. The molecule has 5 rings (SSSR count). The first-order valence-electron chi connectivity index (χ1n) is 12.4. The number of aromatic hydroxyl groups is 1. The Morgan fingerprint density at radius 1 is 0.514 bits per heavy atom. The van der Waals surface area contributed by atoms with Gasteiger partial charge in [0.25, 0.3) is 5.56 Å². The van der Waals surface area contributed by atoms with Gasteiger partial charge in [0.15, 0.2) is 0 Å². The molecule has 1 aromatic heterocycles. The summed E-state index contributed by atoms with van der Waals surface area (Å²) in [4.78, 5) is 26.8. The lowest BCUT2D eigenvalue weighted by Crippen LogP contribution is -2.41. The summed E-state index contributed by atoms with van der Waals surface area (Å²) in [5.41, 5.74) is 3.00. The van der Waals surface area contributed by atoms with Crippen LogP contribution in [-0.2, 0) is 13.1 Å². The Labute approximate surface area is 215 Å². The third-order valence-corrected chi connectivity index (χ3v) is 6.80. The van der Waals surface area contributed by atoms with Crippen LogP contribution in [0.15, 0.2) is 137 Å². The molecular formula is C32H28N2O3. The Bertz CT molecular complexity index is 1480. The number of rotatable bonds is 8. The lowest BCUT2D eigenvalue weighted by Gasteiger charge is -2.22. The van der Waals surface area contributed by atoms with Crippen LogP contribution in [0.3, 0.4) is 0 Å². The van der Waals surface area contributed by atoms with Crippen LogP contribution < -0.4 is 11.2 Å². The maximum Gasteiger partial charge on any atom is 0.333 e. The van der Waals surface area contributed by atoms with Gasteiger partial charge < -0.3 is 5.11 Å². The van der Waals surface area contributed by atoms with Gasteiger partial charge in [-0.15, -0.1) is 0 Å². The lowest BCUT2D eigenvalue weighted by molar-refractivity contribution is 0.379. The van der Waals surface area contributed by atoms with E-state index in [0.717, 1.165) is 28.3 Å². The second-order valence-corrected chi connectivity index (χ2v) is 9.09. The molecule has 5 heteroatoms. The fourth-order valence-corrected chi connectivity index (χ4v) is 4.86. The standard InChI is InChI=1S/C32H28N2O3/c35-30-21-31(36)34(23-29(26-17-9-3-10-18-26)27-19-11-4-12-20-27)32(37)33(30)22-28(24-13-5-1-6-14-24)25-15-7-2-8-16-25/h1-21,28-29,35H,22-23H2. The molecule has 0 aliphatic rings. The minimum absolute atomic E-state index is 0.160. The molecule has 184 valence electrons. The van der Waals surface area contributed by atoms with E-state index in [-0.39, 0.29) is 30.8 Å². The summed E-state index contributed by atoms with van der Waals surface area (Å²) in [6.07, 6.45) is 0. The minimum Gasteiger partial charge on any atom is -0.494 e. The first-order chi connectivity index (χ1) is 18.1. The molecule has 0 saturated heterocycles. The van der Waals surface area contributed by atoms with Gasteiger partial charge in [-0.1, -0.05) is 121 Å². The normalized spacial score (nSPS) is 11.2. The largest absolute Gasteiger partial charge is 0.494 e. The predicted octanol–water partition coefficient (Wildman–Crippen LogP) is 5.38. The second kappa shape index (κ2) is 11.0. The van der Waals surface area contributed by atoms with Crippen molar-refractivity contribution < 1.29 is 5.11 Å². The van der Waals surface area contributed by atoms with Crippen molar-refractivity contribution in [2.24, 2.45) is 0 Å². The lowest BCUT2D eigenvalue weighted by atomic mass is 9.91. The molecular weight excluding hydrogens is 460 g/mol. The van der Waals surface area contributed by atoms with Crippen molar-refractivity contribution in [2.45, 2.75) is 24.9 Å². The topological polar surface area (TPSA) is 64.2 Å². The van der Waals surface area contributed by atoms with Gasteiger partial charge in [-0.3, -0.25) is 13.9 Å². The van der Waals surface area contributed by atoms with Crippen molar-refractivity contribution in [1.82, 2.24) is 9.13 Å². The first kappa shape index (κ1) is 24.1. The zero-order valence-corrected chi connectivity index (χ0v) is 20.4. The number of nitrogens with zero attached hydrogens (tertiary/aromatic N) is 2. The van der Waals surface area contributed by atoms with Crippen LogP contribution in [0.25, 0.3) is 0 Å². The van der Waals surface area contributed by atoms with E-state index in [0.29, 0.717) is 0 Å². The minimum atomic E-state index is -0.529. The van der Waals surface area contributed by atoms with Crippen LogP contribution in [-0.4, -0.2) is 14.2 Å². The molecule has 37 heavy (non-hydrogen) atoms. The van der Waals surface area contributed by atoms with Gasteiger partial charge in [-0.05, 0) is 22.3 Å². The molecule has 0 spiro atoms. The quantitative estimate of drug-likeness (QED) is 0.319. The smallest absolute Gasteiger partial charge is 0.333 e. The van der Waals surface area contributed by atoms with Crippen LogP contribution in [0, 0.1) is 0 Å². The fraction of sp³-hybridized carbons (Fsp3) is 0.125. The molecule has 0 aliphatic heterocycles. The number of aromatic nitrogens is 2. The van der Waals surface area contributed by atoms with Gasteiger partial charge in [0.2, 0.25) is 5.88 Å². The Balaban J connectivity index is 1.58. The fourth-order valence-electron chi connectivity index (χ4n) is 4.86. The van der Waals surface area contributed by atoms with Crippen LogP contribution in [0.2, 0.25) is 0 Å². The molecule has 5 nitrogen and oxygen atoms in total. The Hall–Kier alpha value is -4.64. The van der Waals surface area contributed by atoms with E-state index in [1.807, 2.05) is 121 Å². The zero-order chi connectivity index (χ0) is 25.6. The molecule has 0 radical (unpaired) electrons. The average Bonchev–Trinajstić information content (AvgIpc) is 2.95. The molecule has 0 atom stereocenters. The highest BCUT2D eigenvalue weighted by Crippen LogP contribution is 2.28. The highest BCUT2D eigenvalue weighted by Gasteiger charge is 2.22. The second-order valence-electron chi connectivity index (χ2n) is 9.09. The van der Waals surface area contributed by atoms with Crippen LogP contribution in [0.4, 0.5) is 0 Å². The summed E-state index contributed by atoms with van der Waals surface area (Å²) in [5.74, 6) is -0.722. The number of hydrogen-bond donors (Lipinski definition) is 1. The molecule has 5 aromatic rings. The van der Waals surface area contributed by atoms with E-state index in [2.05, 4.69) is 0 Å². The maximum atomic E-state index is 13.8. The Morgan fingerprint density at radius 2 is 0.838 bits per heavy atom. The molecule has 0 fully saturated rings. The summed E-state index contributed by atoms with van der Waals surface area (Å²) in [6, 6.07) is 40.6. The zero-order valence-electron chi connectivity index (χ0n) is 20.4. The van der Waals surface area contributed by atoms with E-state index >= 15 is 0 Å². The van der Waals surface area contributed by atoms with Crippen molar-refractivity contribution in [3.05, 3.63) is 170 Å². The summed E-state index contributed by atoms with van der Waals surface area (Å²) >= 11 is 0. The summed E-state index contributed by atoms with van der Waals surface area (Å²) in [7, 11) is 0. The predicted molar refractivity (Wildman–Crippen MR) is 146 cm³/mol. The molecule has 0 amide bonds. The van der Waals surface area contributed by atoms with Crippen molar-refractivity contribution in [1.29, 1.82) is 0 Å². The highest BCUT2D eigenvalue weighted by atomic mass is 16.3. The number of benzene rings is 4. The Morgan fingerprint density at radius 3 is 1.19 bits per heavy atom. The van der Waals surface area contributed by atoms with E-state index < -0.39 is 11.2 Å². The van der Waals surface area contributed by atoms with Crippen molar-refractivity contribution >= 4 is 0 Å². The molecule has 0 aliphatic carbocycles. The van der Waals surface area contributed by atoms with Crippen LogP contribution in [0.5, 0.6) is 5.88 Å². The van der Waals surface area contributed by atoms with E-state index in [9.17, 15) is 14.7 Å². The van der Waals surface area contributed by atoms with Gasteiger partial charge in [0, 0.05) is 24.9 Å². The van der Waals surface area contributed by atoms with Crippen LogP contribution >= 0.6 is 0 Å². The summed E-state index contributed by atoms with van der Waals surface area (Å²) in [5, 5.41) is 10.8. The van der Waals surface area contributed by atoms with Gasteiger partial charge in [0.05, 0.1) is 6.07 Å². The monoisotopic (exact) mass is 488 g/mol. The molecule has 4 aromatic carbocycles. The van der Waals surface area contributed by atoms with Gasteiger partial charge in [-0.25, -0.2) is 4.79 Å². The van der Waals surface area contributed by atoms with E-state index in [1.165, 1.54) is 9.13 Å². The van der Waals surface area contributed by atoms with E-state index in [4.69, 9.17) is 0 Å². The van der Waals surface area contributed by atoms with Crippen molar-refractivity contribution in [3.8, 4) is 5.88 Å². The first-order valence-corrected chi connectivity index (χ1v) is 12.4. The average molecular weight is 489 g/mol. The van der Waals surface area contributed by atoms with Gasteiger partial charge >= 0.3 is 5.69 Å². The molecule has 0 saturated carbocycles. The number of hydrogen-bond acceptors (Lipinski definition) is 3. The van der Waals surface area contributed by atoms with Gasteiger partial charge in [-0.2, -0.15) is 0 Å². The summed E-state index contributed by atoms with van der Waals surface area (Å²) < 4.78 is 2.54. The maximum absolute atomic E-state index is 13.8. The Kier molecular flexibility index (Phi) is 7.13. The van der Waals surface area contributed by atoms with Gasteiger partial charge in [0.1, 0.15) is 0 Å². The third-order valence-electron chi connectivity index (χ3n) is 6.80. The van der Waals surface area contributed by atoms with E-state index in [1.54, 1.807) is 0 Å². The SMILES string of the molecule is O=c1cc(O)n(CC(c2ccccc2)c2ccccc2)c(=O)n1CC(c1ccccc1)c1ccccc1. The van der Waals surface area contributed by atoms with Crippen molar-refractivity contribution in [3.63, 3.8) is 0 Å². The molecule has 0 bridgehead atoms. The van der Waals surface area contributed by atoms with Crippen molar-refractivity contribution in [2.75, 3.05) is 0 Å². The third kappa shape index (κ3) is 5.31.